The van der Waals surface area contributed by atoms with Crippen molar-refractivity contribution in [3.63, 3.8) is 0 Å². The Balaban J connectivity index is 1.66. The summed E-state index contributed by atoms with van der Waals surface area (Å²) in [6, 6.07) is 9.70. The van der Waals surface area contributed by atoms with Crippen molar-refractivity contribution in [2.75, 3.05) is 5.32 Å². The highest BCUT2D eigenvalue weighted by molar-refractivity contribution is 7.73. The van der Waals surface area contributed by atoms with Crippen molar-refractivity contribution in [2.45, 2.75) is 27.1 Å². The first-order chi connectivity index (χ1) is 14.9. The van der Waals surface area contributed by atoms with Crippen LogP contribution in [0.3, 0.4) is 0 Å². The molecule has 4 rings (SSSR count). The Morgan fingerprint density at radius 3 is 2.65 bits per heavy atom. The van der Waals surface area contributed by atoms with Crippen molar-refractivity contribution in [1.82, 2.24) is 19.3 Å². The second-order valence-electron chi connectivity index (χ2n) is 6.79. The summed E-state index contributed by atoms with van der Waals surface area (Å²) in [5, 5.41) is 19.5. The van der Waals surface area contributed by atoms with Gasteiger partial charge in [0, 0.05) is 36.3 Å². The highest BCUT2D eigenvalue weighted by Crippen LogP contribution is 2.23. The summed E-state index contributed by atoms with van der Waals surface area (Å²) in [6.45, 7) is 4.81. The van der Waals surface area contributed by atoms with Crippen molar-refractivity contribution in [3.05, 3.63) is 72.6 Å². The zero-order valence-electron chi connectivity index (χ0n) is 16.7. The van der Waals surface area contributed by atoms with Crippen LogP contribution in [-0.4, -0.2) is 24.3 Å². The van der Waals surface area contributed by atoms with Gasteiger partial charge < -0.3 is 9.88 Å². The minimum atomic E-state index is -0.448. The molecule has 3 heterocycles. The van der Waals surface area contributed by atoms with Gasteiger partial charge in [0.1, 0.15) is 12.3 Å². The summed E-state index contributed by atoms with van der Waals surface area (Å²) in [7, 11) is 0. The Morgan fingerprint density at radius 2 is 1.97 bits per heavy atom. The molecule has 0 bridgehead atoms. The second-order valence-corrected chi connectivity index (χ2v) is 8.42. The van der Waals surface area contributed by atoms with Crippen LogP contribution in [0.1, 0.15) is 12.6 Å². The number of nitrogens with zero attached hydrogens (tertiary/aromatic N) is 5. The number of hydrogen-bond donors (Lipinski definition) is 1. The zero-order valence-corrected chi connectivity index (χ0v) is 18.4. The Morgan fingerprint density at radius 1 is 1.23 bits per heavy atom. The van der Waals surface area contributed by atoms with Crippen LogP contribution in [0, 0.1) is 21.0 Å². The number of pyridine rings is 2. The van der Waals surface area contributed by atoms with Crippen molar-refractivity contribution >= 4 is 46.0 Å². The van der Waals surface area contributed by atoms with Crippen molar-refractivity contribution in [3.8, 4) is 10.6 Å². The third-order valence-electron chi connectivity index (χ3n) is 4.75. The molecule has 0 amide bonds. The fourth-order valence-electron chi connectivity index (χ4n) is 3.14. The molecule has 9 nitrogen and oxygen atoms in total. The van der Waals surface area contributed by atoms with E-state index in [1.807, 2.05) is 24.5 Å². The number of hydrogen-bond acceptors (Lipinski definition) is 8. The number of nitro groups is 1. The molecule has 0 saturated carbocycles. The van der Waals surface area contributed by atoms with Gasteiger partial charge in [-0.1, -0.05) is 11.3 Å². The van der Waals surface area contributed by atoms with Crippen LogP contribution in [0.25, 0.3) is 21.6 Å². The lowest BCUT2D eigenvalue weighted by Gasteiger charge is -2.10. The van der Waals surface area contributed by atoms with Crippen LogP contribution in [0.4, 0.5) is 11.4 Å². The Labute approximate surface area is 185 Å². The number of non-ortho nitro benzene ring substituents is 1. The van der Waals surface area contributed by atoms with Crippen LogP contribution in [0.5, 0.6) is 0 Å². The van der Waals surface area contributed by atoms with Gasteiger partial charge in [-0.2, -0.15) is 5.10 Å². The number of aromatic nitrogens is 4. The lowest BCUT2D eigenvalue weighted by atomic mass is 10.2. The van der Waals surface area contributed by atoms with Crippen LogP contribution in [-0.2, 0) is 13.2 Å². The quantitative estimate of drug-likeness (QED) is 0.262. The first-order valence-corrected chi connectivity index (χ1v) is 10.7. The molecule has 11 heteroatoms. The van der Waals surface area contributed by atoms with Crippen molar-refractivity contribution in [2.24, 2.45) is 0 Å². The number of nitrogens with one attached hydrogen (secondary N) is 1. The molecule has 0 spiro atoms. The maximum Gasteiger partial charge on any atom is 0.269 e. The van der Waals surface area contributed by atoms with E-state index in [-0.39, 0.29) is 17.8 Å². The molecule has 158 valence electrons. The zero-order chi connectivity index (χ0) is 22.1. The molecule has 31 heavy (non-hydrogen) atoms. The fraction of sp³-hybridized carbons (Fsp3) is 0.200. The molecule has 0 aliphatic carbocycles. The van der Waals surface area contributed by atoms with Gasteiger partial charge in [-0.15, -0.1) is 0 Å². The van der Waals surface area contributed by atoms with Crippen LogP contribution in [0.2, 0.25) is 0 Å². The minimum absolute atomic E-state index is 0.0197. The third kappa shape index (κ3) is 4.09. The Hall–Kier alpha value is -3.44. The molecule has 0 atom stereocenters. The lowest BCUT2D eigenvalue weighted by Crippen LogP contribution is -2.14. The number of nitro benzene ring substituents is 1. The molecule has 0 aliphatic rings. The molecular formula is C20H18N6O3S2. The van der Waals surface area contributed by atoms with Crippen LogP contribution >= 0.6 is 23.6 Å². The van der Waals surface area contributed by atoms with Gasteiger partial charge in [0.05, 0.1) is 15.9 Å². The van der Waals surface area contributed by atoms with E-state index in [0.717, 1.165) is 5.69 Å². The average molecular weight is 455 g/mol. The number of benzene rings is 1. The predicted octanol–water partition coefficient (Wildman–Crippen LogP) is 4.36. The molecule has 4 aromatic rings. The van der Waals surface area contributed by atoms with Gasteiger partial charge in [0.2, 0.25) is 5.43 Å². The standard InChI is InChI=1S/C20H18N6O3S2/c1-3-24-10-16(17(27)15-9-4-12(2)22-18(15)24)19-23-25(20(30)31-19)11-21-13-5-7-14(8-6-13)26(28)29/h4-10,21H,3,11H2,1-2H3. The van der Waals surface area contributed by atoms with E-state index in [1.54, 1.807) is 29.1 Å². The van der Waals surface area contributed by atoms with E-state index >= 15 is 0 Å². The van der Waals surface area contributed by atoms with Gasteiger partial charge in [0.15, 0.2) is 8.96 Å². The maximum atomic E-state index is 13.1. The van der Waals surface area contributed by atoms with Gasteiger partial charge in [-0.05, 0) is 50.3 Å². The van der Waals surface area contributed by atoms with Gasteiger partial charge >= 0.3 is 0 Å². The molecule has 0 aliphatic heterocycles. The average Bonchev–Trinajstić information content (AvgIpc) is 3.13. The number of fused-ring (bicyclic) bond motifs is 1. The molecular weight excluding hydrogens is 436 g/mol. The summed E-state index contributed by atoms with van der Waals surface area (Å²) in [5.74, 6) is 0. The summed E-state index contributed by atoms with van der Waals surface area (Å²) in [5.41, 5.74) is 2.56. The van der Waals surface area contributed by atoms with Crippen LogP contribution < -0.4 is 10.7 Å². The molecule has 0 unspecified atom stereocenters. The minimum Gasteiger partial charge on any atom is -0.366 e. The highest BCUT2D eigenvalue weighted by Gasteiger charge is 2.15. The number of aryl methyl sites for hydroxylation is 2. The van der Waals surface area contributed by atoms with E-state index in [4.69, 9.17) is 12.2 Å². The SMILES string of the molecule is CCn1cc(-c2nn(CNc3ccc([N+](=O)[O-])cc3)c(=S)s2)c(=O)c2ccc(C)nc21. The maximum absolute atomic E-state index is 13.1. The smallest absolute Gasteiger partial charge is 0.269 e. The summed E-state index contributed by atoms with van der Waals surface area (Å²) in [4.78, 5) is 27.9. The first kappa shape index (κ1) is 20.8. The van der Waals surface area contributed by atoms with Gasteiger partial charge in [0.25, 0.3) is 5.69 Å². The molecule has 1 aromatic carbocycles. The molecule has 0 radical (unpaired) electrons. The molecule has 0 saturated heterocycles. The Bertz CT molecular complexity index is 1410. The molecule has 0 fully saturated rings. The van der Waals surface area contributed by atoms with E-state index in [0.29, 0.717) is 37.8 Å². The monoisotopic (exact) mass is 454 g/mol. The third-order valence-corrected chi connectivity index (χ3v) is 6.09. The van der Waals surface area contributed by atoms with E-state index < -0.39 is 4.92 Å². The summed E-state index contributed by atoms with van der Waals surface area (Å²) >= 11 is 6.69. The lowest BCUT2D eigenvalue weighted by molar-refractivity contribution is -0.384. The second kappa shape index (κ2) is 8.36. The highest BCUT2D eigenvalue weighted by atomic mass is 32.1. The summed E-state index contributed by atoms with van der Waals surface area (Å²) in [6.07, 6.45) is 1.78. The van der Waals surface area contributed by atoms with Crippen molar-refractivity contribution in [1.29, 1.82) is 0 Å². The summed E-state index contributed by atoms with van der Waals surface area (Å²) < 4.78 is 4.03. The fourth-order valence-corrected chi connectivity index (χ4v) is 4.25. The van der Waals surface area contributed by atoms with Gasteiger partial charge in [-0.3, -0.25) is 14.9 Å². The predicted molar refractivity (Wildman–Crippen MR) is 123 cm³/mol. The van der Waals surface area contributed by atoms with E-state index in [1.165, 1.54) is 23.5 Å². The van der Waals surface area contributed by atoms with Gasteiger partial charge in [-0.25, -0.2) is 9.67 Å². The van der Waals surface area contributed by atoms with E-state index in [9.17, 15) is 14.9 Å². The number of rotatable bonds is 6. The normalized spacial score (nSPS) is 11.0. The van der Waals surface area contributed by atoms with E-state index in [2.05, 4.69) is 15.4 Å². The largest absolute Gasteiger partial charge is 0.366 e. The first-order valence-electron chi connectivity index (χ1n) is 9.45. The molecule has 3 aromatic heterocycles. The van der Waals surface area contributed by atoms with Crippen LogP contribution in [0.15, 0.2) is 47.4 Å². The topological polar surface area (TPSA) is 108 Å². The van der Waals surface area contributed by atoms with Crippen molar-refractivity contribution < 1.29 is 4.92 Å². The Kier molecular flexibility index (Phi) is 5.61. The molecule has 1 N–H and O–H groups in total. The number of anilines is 1.